The number of hydrogen-bond acceptors (Lipinski definition) is 2. The first kappa shape index (κ1) is 16.5. The first-order chi connectivity index (χ1) is 9.52. The third kappa shape index (κ3) is 6.06. The number of benzene rings is 1. The highest BCUT2D eigenvalue weighted by atomic mass is 35.5. The zero-order valence-corrected chi connectivity index (χ0v) is 12.7. The van der Waals surface area contributed by atoms with Gasteiger partial charge in [-0.25, -0.2) is 0 Å². The van der Waals surface area contributed by atoms with Crippen LogP contribution in [0.15, 0.2) is 24.3 Å². The van der Waals surface area contributed by atoms with Gasteiger partial charge in [-0.1, -0.05) is 37.1 Å². The van der Waals surface area contributed by atoms with Gasteiger partial charge in [0.15, 0.2) is 0 Å². The van der Waals surface area contributed by atoms with Crippen molar-refractivity contribution in [3.8, 4) is 0 Å². The molecule has 0 heterocycles. The largest absolute Gasteiger partial charge is 0.355 e. The smallest absolute Gasteiger partial charge is 0.239 e. The lowest BCUT2D eigenvalue weighted by Crippen LogP contribution is -2.39. The van der Waals surface area contributed by atoms with Crippen LogP contribution in [0.25, 0.3) is 0 Å². The van der Waals surface area contributed by atoms with Gasteiger partial charge in [-0.15, -0.1) is 0 Å². The highest BCUT2D eigenvalue weighted by molar-refractivity contribution is 6.30. The van der Waals surface area contributed by atoms with Crippen molar-refractivity contribution in [3.05, 3.63) is 34.9 Å². The molecule has 4 nitrogen and oxygen atoms in total. The number of rotatable bonds is 7. The number of hydrogen-bond donors (Lipinski definition) is 1. The maximum absolute atomic E-state index is 11.8. The van der Waals surface area contributed by atoms with E-state index in [0.717, 1.165) is 18.4 Å². The fourth-order valence-electron chi connectivity index (χ4n) is 1.72. The van der Waals surface area contributed by atoms with E-state index in [9.17, 15) is 9.59 Å². The van der Waals surface area contributed by atoms with E-state index in [1.54, 1.807) is 12.1 Å². The number of unbranched alkanes of at least 4 members (excludes halogenated alkanes) is 1. The minimum absolute atomic E-state index is 0.0850. The maximum Gasteiger partial charge on any atom is 0.239 e. The summed E-state index contributed by atoms with van der Waals surface area (Å²) >= 11 is 5.82. The van der Waals surface area contributed by atoms with E-state index in [1.165, 1.54) is 11.8 Å². The number of nitrogens with zero attached hydrogens (tertiary/aromatic N) is 1. The van der Waals surface area contributed by atoms with E-state index in [1.807, 2.05) is 12.1 Å². The second-order valence-electron chi connectivity index (χ2n) is 4.71. The van der Waals surface area contributed by atoms with Crippen molar-refractivity contribution >= 4 is 23.4 Å². The van der Waals surface area contributed by atoms with Gasteiger partial charge in [-0.3, -0.25) is 9.59 Å². The molecule has 110 valence electrons. The van der Waals surface area contributed by atoms with Gasteiger partial charge in [0.05, 0.1) is 6.54 Å². The SMILES string of the molecule is CCCCNC(=O)CN(Cc1ccc(Cl)cc1)C(C)=O. The van der Waals surface area contributed by atoms with Gasteiger partial charge in [0.2, 0.25) is 11.8 Å². The lowest BCUT2D eigenvalue weighted by Gasteiger charge is -2.20. The molecule has 0 unspecified atom stereocenters. The van der Waals surface area contributed by atoms with Crippen LogP contribution in [-0.4, -0.2) is 29.8 Å². The van der Waals surface area contributed by atoms with Crippen LogP contribution in [0.1, 0.15) is 32.3 Å². The molecule has 0 aliphatic heterocycles. The van der Waals surface area contributed by atoms with Crippen LogP contribution < -0.4 is 5.32 Å². The molecule has 0 radical (unpaired) electrons. The van der Waals surface area contributed by atoms with Crippen LogP contribution in [-0.2, 0) is 16.1 Å². The fraction of sp³-hybridized carbons (Fsp3) is 0.467. The Morgan fingerprint density at radius 1 is 1.25 bits per heavy atom. The summed E-state index contributed by atoms with van der Waals surface area (Å²) in [7, 11) is 0. The second kappa shape index (κ2) is 8.59. The molecule has 0 fully saturated rings. The number of halogens is 1. The van der Waals surface area contributed by atoms with Crippen LogP contribution in [0.5, 0.6) is 0 Å². The van der Waals surface area contributed by atoms with Crippen molar-refractivity contribution in [1.29, 1.82) is 0 Å². The number of carbonyl (C=O) groups is 2. The molecule has 5 heteroatoms. The van der Waals surface area contributed by atoms with Crippen molar-refractivity contribution in [2.24, 2.45) is 0 Å². The predicted octanol–water partition coefficient (Wildman–Crippen LogP) is 2.60. The molecule has 1 aromatic carbocycles. The quantitative estimate of drug-likeness (QED) is 0.786. The number of nitrogens with one attached hydrogen (secondary N) is 1. The van der Waals surface area contributed by atoms with E-state index in [4.69, 9.17) is 11.6 Å². The van der Waals surface area contributed by atoms with Crippen LogP contribution in [0.2, 0.25) is 5.02 Å². The Morgan fingerprint density at radius 2 is 1.90 bits per heavy atom. The van der Waals surface area contributed by atoms with Crippen molar-refractivity contribution in [2.45, 2.75) is 33.2 Å². The summed E-state index contributed by atoms with van der Waals surface area (Å²) in [5.41, 5.74) is 0.950. The molecule has 0 atom stereocenters. The van der Waals surface area contributed by atoms with Crippen LogP contribution >= 0.6 is 11.6 Å². The molecular weight excluding hydrogens is 276 g/mol. The van der Waals surface area contributed by atoms with E-state index in [-0.39, 0.29) is 18.4 Å². The first-order valence-electron chi connectivity index (χ1n) is 6.79. The monoisotopic (exact) mass is 296 g/mol. The van der Waals surface area contributed by atoms with Gasteiger partial charge in [0.1, 0.15) is 0 Å². The summed E-state index contributed by atoms with van der Waals surface area (Å²) in [4.78, 5) is 24.9. The average Bonchev–Trinajstić information content (AvgIpc) is 2.40. The molecule has 0 aromatic heterocycles. The summed E-state index contributed by atoms with van der Waals surface area (Å²) < 4.78 is 0. The van der Waals surface area contributed by atoms with E-state index < -0.39 is 0 Å². The Labute approximate surface area is 125 Å². The predicted molar refractivity (Wildman–Crippen MR) is 80.5 cm³/mol. The summed E-state index contributed by atoms with van der Waals surface area (Å²) in [6.07, 6.45) is 1.98. The van der Waals surface area contributed by atoms with Crippen molar-refractivity contribution in [2.75, 3.05) is 13.1 Å². The zero-order valence-electron chi connectivity index (χ0n) is 12.0. The average molecular weight is 297 g/mol. The molecule has 1 N–H and O–H groups in total. The minimum atomic E-state index is -0.123. The molecule has 20 heavy (non-hydrogen) atoms. The summed E-state index contributed by atoms with van der Waals surface area (Å²) in [5.74, 6) is -0.242. The van der Waals surface area contributed by atoms with Gasteiger partial charge in [-0.05, 0) is 24.1 Å². The van der Waals surface area contributed by atoms with Crippen molar-refractivity contribution in [1.82, 2.24) is 10.2 Å². The fourth-order valence-corrected chi connectivity index (χ4v) is 1.85. The first-order valence-corrected chi connectivity index (χ1v) is 7.17. The number of carbonyl (C=O) groups excluding carboxylic acids is 2. The van der Waals surface area contributed by atoms with E-state index in [2.05, 4.69) is 12.2 Å². The molecule has 1 aromatic rings. The highest BCUT2D eigenvalue weighted by Crippen LogP contribution is 2.11. The Balaban J connectivity index is 2.54. The normalized spacial score (nSPS) is 10.2. The Hall–Kier alpha value is -1.55. The zero-order chi connectivity index (χ0) is 15.0. The highest BCUT2D eigenvalue weighted by Gasteiger charge is 2.13. The Morgan fingerprint density at radius 3 is 2.45 bits per heavy atom. The minimum Gasteiger partial charge on any atom is -0.355 e. The molecule has 0 aliphatic rings. The summed E-state index contributed by atoms with van der Waals surface area (Å²) in [6.45, 7) is 4.68. The lowest BCUT2D eigenvalue weighted by atomic mass is 10.2. The molecular formula is C15H21ClN2O2. The van der Waals surface area contributed by atoms with Gasteiger partial charge < -0.3 is 10.2 Å². The van der Waals surface area contributed by atoms with Crippen molar-refractivity contribution in [3.63, 3.8) is 0 Å². The second-order valence-corrected chi connectivity index (χ2v) is 5.14. The third-order valence-electron chi connectivity index (χ3n) is 2.92. The summed E-state index contributed by atoms with van der Waals surface area (Å²) in [6, 6.07) is 7.26. The van der Waals surface area contributed by atoms with Crippen LogP contribution in [0, 0.1) is 0 Å². The van der Waals surface area contributed by atoms with Gasteiger partial charge >= 0.3 is 0 Å². The van der Waals surface area contributed by atoms with Gasteiger partial charge in [0, 0.05) is 25.0 Å². The molecule has 0 saturated carbocycles. The van der Waals surface area contributed by atoms with E-state index >= 15 is 0 Å². The molecule has 0 bridgehead atoms. The number of amides is 2. The standard InChI is InChI=1S/C15H21ClN2O2/c1-3-4-9-17-15(20)11-18(12(2)19)10-13-5-7-14(16)8-6-13/h5-8H,3-4,9-11H2,1-2H3,(H,17,20). The third-order valence-corrected chi connectivity index (χ3v) is 3.17. The topological polar surface area (TPSA) is 49.4 Å². The van der Waals surface area contributed by atoms with Crippen LogP contribution in [0.3, 0.4) is 0 Å². The summed E-state index contributed by atoms with van der Waals surface area (Å²) in [5, 5.41) is 3.46. The van der Waals surface area contributed by atoms with Gasteiger partial charge in [0.25, 0.3) is 0 Å². The Bertz CT molecular complexity index is 446. The molecule has 0 saturated heterocycles. The molecule has 0 aliphatic carbocycles. The molecule has 2 amide bonds. The van der Waals surface area contributed by atoms with Crippen molar-refractivity contribution < 1.29 is 9.59 Å². The van der Waals surface area contributed by atoms with E-state index in [0.29, 0.717) is 18.1 Å². The maximum atomic E-state index is 11.8. The Kier molecular flexibility index (Phi) is 7.09. The van der Waals surface area contributed by atoms with Gasteiger partial charge in [-0.2, -0.15) is 0 Å². The lowest BCUT2D eigenvalue weighted by molar-refractivity contribution is -0.134. The molecule has 0 spiro atoms. The molecule has 1 rings (SSSR count). The van der Waals surface area contributed by atoms with Crippen LogP contribution in [0.4, 0.5) is 0 Å².